The second-order valence-electron chi connectivity index (χ2n) is 11.8. The van der Waals surface area contributed by atoms with Crippen LogP contribution in [0, 0.1) is 0 Å². The average Bonchev–Trinajstić information content (AvgIpc) is 3.49. The quantitative estimate of drug-likeness (QED) is 0.143. The Kier molecular flexibility index (Phi) is 8.62. The second-order valence-corrected chi connectivity index (χ2v) is 13.1. The number of hydrogen-bond acceptors (Lipinski definition) is 9. The number of piperidine rings is 1. The van der Waals surface area contributed by atoms with Gasteiger partial charge in [-0.05, 0) is 67.5 Å². The first-order chi connectivity index (χ1) is 23.0. The van der Waals surface area contributed by atoms with Crippen LogP contribution in [-0.4, -0.2) is 55.8 Å². The highest BCUT2D eigenvalue weighted by Gasteiger charge is 2.31. The summed E-state index contributed by atoms with van der Waals surface area (Å²) in [7, 11) is 0. The van der Waals surface area contributed by atoms with Crippen LogP contribution in [0.4, 0.5) is 11.5 Å². The minimum atomic E-state index is -0.322. The average molecular weight is 644 g/mol. The van der Waals surface area contributed by atoms with Crippen LogP contribution >= 0.6 is 11.8 Å². The monoisotopic (exact) mass is 643 g/mol. The van der Waals surface area contributed by atoms with Crippen molar-refractivity contribution in [2.75, 3.05) is 36.0 Å². The van der Waals surface area contributed by atoms with Crippen LogP contribution in [0.5, 0.6) is 0 Å². The van der Waals surface area contributed by atoms with E-state index in [2.05, 4.69) is 62.7 Å². The lowest BCUT2D eigenvalue weighted by molar-refractivity contribution is 0.201. The number of likely N-dealkylation sites (tertiary alicyclic amines) is 1. The maximum Gasteiger partial charge on any atom is 0.251 e. The van der Waals surface area contributed by atoms with Gasteiger partial charge >= 0.3 is 0 Å². The van der Waals surface area contributed by atoms with E-state index in [0.717, 1.165) is 78.4 Å². The van der Waals surface area contributed by atoms with E-state index in [0.29, 0.717) is 22.2 Å². The molecule has 1 aliphatic rings. The van der Waals surface area contributed by atoms with Crippen LogP contribution < -0.4 is 21.5 Å². The van der Waals surface area contributed by atoms with Crippen molar-refractivity contribution in [3.05, 3.63) is 111 Å². The summed E-state index contributed by atoms with van der Waals surface area (Å²) in [5.74, 6) is 1.90. The number of nitrogens with two attached hydrogens (primary N) is 1. The Morgan fingerprint density at radius 3 is 2.36 bits per heavy atom. The van der Waals surface area contributed by atoms with Crippen molar-refractivity contribution in [2.45, 2.75) is 44.2 Å². The van der Waals surface area contributed by atoms with Gasteiger partial charge in [-0.2, -0.15) is 0 Å². The Balaban J connectivity index is 1.12. The molecule has 9 nitrogen and oxygen atoms in total. The third kappa shape index (κ3) is 5.83. The smallest absolute Gasteiger partial charge is 0.251 e. The number of hydrogen-bond donors (Lipinski definition) is 1. The molecule has 0 atom stereocenters. The Morgan fingerprint density at radius 1 is 0.894 bits per heavy atom. The first kappa shape index (κ1) is 30.8. The van der Waals surface area contributed by atoms with Gasteiger partial charge in [0.1, 0.15) is 17.0 Å². The van der Waals surface area contributed by atoms with Crippen molar-refractivity contribution >= 4 is 34.4 Å². The second kappa shape index (κ2) is 13.1. The van der Waals surface area contributed by atoms with Gasteiger partial charge in [-0.15, -0.1) is 11.8 Å². The van der Waals surface area contributed by atoms with E-state index >= 15 is 0 Å². The van der Waals surface area contributed by atoms with Crippen molar-refractivity contribution in [3.63, 3.8) is 0 Å². The minimum absolute atomic E-state index is 0.263. The van der Waals surface area contributed by atoms with Crippen LogP contribution in [-0.2, 0) is 6.54 Å². The Bertz CT molecular complexity index is 2090. The molecule has 0 radical (unpaired) electrons. The Morgan fingerprint density at radius 2 is 1.66 bits per heavy atom. The lowest BCUT2D eigenvalue weighted by Crippen LogP contribution is -2.50. The molecule has 1 fully saturated rings. The molecular formula is C37H37N7O2S. The molecule has 0 amide bonds. The Labute approximate surface area is 277 Å². The number of thioether (sulfide) groups is 1. The molecule has 238 valence electrons. The summed E-state index contributed by atoms with van der Waals surface area (Å²) < 4.78 is 2.07. The first-order valence-electron chi connectivity index (χ1n) is 16.2. The third-order valence-corrected chi connectivity index (χ3v) is 9.97. The van der Waals surface area contributed by atoms with E-state index in [1.165, 1.54) is 17.3 Å². The molecule has 7 rings (SSSR count). The lowest BCUT2D eigenvalue weighted by Gasteiger charge is -2.40. The van der Waals surface area contributed by atoms with Crippen LogP contribution in [0.15, 0.2) is 99.5 Å². The van der Waals surface area contributed by atoms with Crippen LogP contribution in [0.25, 0.3) is 39.5 Å². The summed E-state index contributed by atoms with van der Waals surface area (Å²) in [6, 6.07) is 26.8. The van der Waals surface area contributed by atoms with Gasteiger partial charge < -0.3 is 10.6 Å². The molecule has 2 N–H and O–H groups in total. The molecule has 3 aromatic heterocycles. The summed E-state index contributed by atoms with van der Waals surface area (Å²) in [5.41, 5.74) is 12.7. The van der Waals surface area contributed by atoms with E-state index in [-0.39, 0.29) is 16.9 Å². The van der Waals surface area contributed by atoms with Crippen LogP contribution in [0.2, 0.25) is 0 Å². The van der Waals surface area contributed by atoms with Crippen molar-refractivity contribution in [1.29, 1.82) is 0 Å². The standard InChI is InChI=1S/C37H37N7O2S/c1-3-43(31-32(45)33(46)34(31)47-4-2)26-18-21-42(22-19-26)23-24-12-14-27(15-13-24)44-36(28-11-8-20-39-35(28)38)41-30-17-16-29(40-37(30)44)25-9-6-5-7-10-25/h5-17,20,26H,3-4,18-19,21-23H2,1-2H3,(H2,38,39). The molecule has 0 spiro atoms. The van der Waals surface area contributed by atoms with Gasteiger partial charge in [-0.3, -0.25) is 19.1 Å². The van der Waals surface area contributed by atoms with Gasteiger partial charge in [0.2, 0.25) is 5.43 Å². The van der Waals surface area contributed by atoms with E-state index < -0.39 is 0 Å². The molecule has 1 saturated heterocycles. The van der Waals surface area contributed by atoms with Crippen LogP contribution in [0.1, 0.15) is 32.3 Å². The molecule has 10 heteroatoms. The molecule has 1 aliphatic heterocycles. The number of nitrogen functional groups attached to an aromatic ring is 1. The number of benzene rings is 2. The SMILES string of the molecule is CCSc1c(N(CC)C2CCN(Cc3ccc(-n4c(-c5cccnc5N)nc5ccc(-c6ccccc6)nc54)cc3)CC2)c(=O)c1=O. The van der Waals surface area contributed by atoms with Gasteiger partial charge in [-0.1, -0.05) is 49.4 Å². The number of imidazole rings is 1. The number of fused-ring (bicyclic) bond motifs is 1. The summed E-state index contributed by atoms with van der Waals surface area (Å²) in [5, 5.41) is 0. The molecule has 0 saturated carbocycles. The van der Waals surface area contributed by atoms with Gasteiger partial charge in [-0.25, -0.2) is 15.0 Å². The van der Waals surface area contributed by atoms with Crippen molar-refractivity contribution in [3.8, 4) is 28.3 Å². The van der Waals surface area contributed by atoms with Gasteiger partial charge in [0.05, 0.1) is 16.2 Å². The summed E-state index contributed by atoms with van der Waals surface area (Å²) in [4.78, 5) is 44.3. The number of nitrogens with zero attached hydrogens (tertiary/aromatic N) is 6. The molecule has 4 heterocycles. The normalized spacial score (nSPS) is 14.3. The number of aromatic nitrogens is 4. The first-order valence-corrected chi connectivity index (χ1v) is 17.2. The zero-order chi connectivity index (χ0) is 32.5. The highest BCUT2D eigenvalue weighted by atomic mass is 32.2. The highest BCUT2D eigenvalue weighted by molar-refractivity contribution is 7.99. The predicted octanol–water partition coefficient (Wildman–Crippen LogP) is 5.93. The predicted molar refractivity (Wildman–Crippen MR) is 191 cm³/mol. The topological polar surface area (TPSA) is 110 Å². The maximum absolute atomic E-state index is 12.5. The van der Waals surface area contributed by atoms with Crippen LogP contribution in [0.3, 0.4) is 0 Å². The lowest BCUT2D eigenvalue weighted by atomic mass is 10.0. The largest absolute Gasteiger partial charge is 0.383 e. The van der Waals surface area contributed by atoms with E-state index in [1.807, 2.05) is 49.4 Å². The zero-order valence-corrected chi connectivity index (χ0v) is 27.4. The number of anilines is 2. The molecule has 0 aliphatic carbocycles. The molecule has 6 aromatic rings. The molecule has 3 aromatic carbocycles. The van der Waals surface area contributed by atoms with Gasteiger partial charge in [0, 0.05) is 49.7 Å². The number of rotatable bonds is 10. The van der Waals surface area contributed by atoms with Crippen molar-refractivity contribution in [2.24, 2.45) is 0 Å². The highest BCUT2D eigenvalue weighted by Crippen LogP contribution is 2.33. The van der Waals surface area contributed by atoms with E-state index in [9.17, 15) is 9.59 Å². The molecule has 0 unspecified atom stereocenters. The summed E-state index contributed by atoms with van der Waals surface area (Å²) in [6.07, 6.45) is 3.59. The van der Waals surface area contributed by atoms with Gasteiger partial charge in [0.15, 0.2) is 11.5 Å². The van der Waals surface area contributed by atoms with Crippen molar-refractivity contribution in [1.82, 2.24) is 24.4 Å². The molecule has 47 heavy (non-hydrogen) atoms. The van der Waals surface area contributed by atoms with E-state index in [1.54, 1.807) is 6.20 Å². The minimum Gasteiger partial charge on any atom is -0.383 e. The maximum atomic E-state index is 12.5. The zero-order valence-electron chi connectivity index (χ0n) is 26.6. The van der Waals surface area contributed by atoms with E-state index in [4.69, 9.17) is 15.7 Å². The number of pyridine rings is 2. The fourth-order valence-electron chi connectivity index (χ4n) is 6.65. The van der Waals surface area contributed by atoms with Crippen molar-refractivity contribution < 1.29 is 0 Å². The van der Waals surface area contributed by atoms with Gasteiger partial charge in [0.25, 0.3) is 5.43 Å². The fraction of sp³-hybridized carbons (Fsp3) is 0.270. The fourth-order valence-corrected chi connectivity index (χ4v) is 7.51. The third-order valence-electron chi connectivity index (χ3n) is 9.01. The Hall–Kier alpha value is -4.80. The molecular weight excluding hydrogens is 607 g/mol. The summed E-state index contributed by atoms with van der Waals surface area (Å²) >= 11 is 1.49. The summed E-state index contributed by atoms with van der Waals surface area (Å²) in [6.45, 7) is 7.50. The molecule has 0 bridgehead atoms.